The van der Waals surface area contributed by atoms with Crippen molar-refractivity contribution in [3.63, 3.8) is 0 Å². The number of benzene rings is 2. The Hall–Kier alpha value is -1.98. The van der Waals surface area contributed by atoms with E-state index in [2.05, 4.69) is 5.32 Å². The molecular formula is C15H14ClFN2O2. The van der Waals surface area contributed by atoms with Gasteiger partial charge in [0.05, 0.1) is 4.92 Å². The summed E-state index contributed by atoms with van der Waals surface area (Å²) in [5, 5.41) is 14.4. The Labute approximate surface area is 126 Å². The number of nitrogens with one attached hydrogen (secondary N) is 1. The molecule has 0 atom stereocenters. The molecule has 0 radical (unpaired) electrons. The van der Waals surface area contributed by atoms with Gasteiger partial charge < -0.3 is 5.32 Å². The lowest BCUT2D eigenvalue weighted by molar-refractivity contribution is -0.385. The average molecular weight is 309 g/mol. The van der Waals surface area contributed by atoms with Crippen molar-refractivity contribution >= 4 is 17.3 Å². The standard InChI is InChI=1S/C15H14ClFN2O2/c1-10-11(3-2-4-15(10)19(20)21)8-18-9-12-5-6-13(17)7-14(12)16/h2-7,18H,8-9H2,1H3. The summed E-state index contributed by atoms with van der Waals surface area (Å²) in [4.78, 5) is 10.5. The SMILES string of the molecule is Cc1c(CNCc2ccc(F)cc2Cl)cccc1[N+](=O)[O-]. The Kier molecular flexibility index (Phi) is 4.88. The largest absolute Gasteiger partial charge is 0.309 e. The van der Waals surface area contributed by atoms with Gasteiger partial charge in [-0.15, -0.1) is 0 Å². The molecule has 0 saturated heterocycles. The highest BCUT2D eigenvalue weighted by Gasteiger charge is 2.12. The predicted molar refractivity (Wildman–Crippen MR) is 79.8 cm³/mol. The molecule has 0 aliphatic carbocycles. The summed E-state index contributed by atoms with van der Waals surface area (Å²) < 4.78 is 12.9. The first kappa shape index (κ1) is 15.4. The first-order valence-corrected chi connectivity index (χ1v) is 6.74. The minimum atomic E-state index is -0.393. The van der Waals surface area contributed by atoms with Gasteiger partial charge in [0.1, 0.15) is 5.82 Å². The Morgan fingerprint density at radius 3 is 2.62 bits per heavy atom. The van der Waals surface area contributed by atoms with Crippen LogP contribution >= 0.6 is 11.6 Å². The number of hydrogen-bond donors (Lipinski definition) is 1. The lowest BCUT2D eigenvalue weighted by Crippen LogP contribution is -2.14. The van der Waals surface area contributed by atoms with E-state index < -0.39 is 4.92 Å². The normalized spacial score (nSPS) is 10.6. The Morgan fingerprint density at radius 2 is 1.95 bits per heavy atom. The van der Waals surface area contributed by atoms with Crippen LogP contribution in [0.25, 0.3) is 0 Å². The number of rotatable bonds is 5. The van der Waals surface area contributed by atoms with E-state index in [9.17, 15) is 14.5 Å². The van der Waals surface area contributed by atoms with E-state index in [1.54, 1.807) is 19.1 Å². The fourth-order valence-electron chi connectivity index (χ4n) is 2.06. The predicted octanol–water partition coefficient (Wildman–Crippen LogP) is 3.99. The third kappa shape index (κ3) is 3.77. The van der Waals surface area contributed by atoms with Crippen LogP contribution in [0.3, 0.4) is 0 Å². The highest BCUT2D eigenvalue weighted by molar-refractivity contribution is 6.31. The van der Waals surface area contributed by atoms with E-state index in [4.69, 9.17) is 11.6 Å². The monoisotopic (exact) mass is 308 g/mol. The van der Waals surface area contributed by atoms with Gasteiger partial charge in [0.25, 0.3) is 5.69 Å². The smallest absolute Gasteiger partial charge is 0.272 e. The van der Waals surface area contributed by atoms with E-state index in [0.29, 0.717) is 23.7 Å². The molecule has 21 heavy (non-hydrogen) atoms. The van der Waals surface area contributed by atoms with Gasteiger partial charge >= 0.3 is 0 Å². The zero-order valence-electron chi connectivity index (χ0n) is 11.4. The van der Waals surface area contributed by atoms with Gasteiger partial charge in [-0.2, -0.15) is 0 Å². The molecule has 0 unspecified atom stereocenters. The molecule has 0 saturated carbocycles. The molecule has 2 aromatic carbocycles. The van der Waals surface area contributed by atoms with Crippen molar-refractivity contribution < 1.29 is 9.31 Å². The third-order valence-corrected chi connectivity index (χ3v) is 3.61. The van der Waals surface area contributed by atoms with Gasteiger partial charge in [0.2, 0.25) is 0 Å². The number of halogens is 2. The van der Waals surface area contributed by atoms with Gasteiger partial charge in [0.15, 0.2) is 0 Å². The molecule has 110 valence electrons. The van der Waals surface area contributed by atoms with Gasteiger partial charge in [-0.3, -0.25) is 10.1 Å². The molecule has 2 aromatic rings. The van der Waals surface area contributed by atoms with Crippen molar-refractivity contribution in [2.45, 2.75) is 20.0 Å². The van der Waals surface area contributed by atoms with Crippen LogP contribution in [0.1, 0.15) is 16.7 Å². The van der Waals surface area contributed by atoms with Crippen molar-refractivity contribution in [2.24, 2.45) is 0 Å². The minimum absolute atomic E-state index is 0.106. The van der Waals surface area contributed by atoms with Gasteiger partial charge in [-0.05, 0) is 30.2 Å². The number of nitro benzene ring substituents is 1. The highest BCUT2D eigenvalue weighted by atomic mass is 35.5. The van der Waals surface area contributed by atoms with Crippen LogP contribution in [0, 0.1) is 22.9 Å². The lowest BCUT2D eigenvalue weighted by atomic mass is 10.1. The molecule has 0 heterocycles. The van der Waals surface area contributed by atoms with E-state index in [0.717, 1.165) is 11.1 Å². The van der Waals surface area contributed by atoms with Crippen LogP contribution in [0.15, 0.2) is 36.4 Å². The molecule has 0 bridgehead atoms. The van der Waals surface area contributed by atoms with E-state index >= 15 is 0 Å². The molecule has 0 spiro atoms. The number of nitrogens with zero attached hydrogens (tertiary/aromatic N) is 1. The molecule has 0 amide bonds. The van der Waals surface area contributed by atoms with Crippen molar-refractivity contribution in [1.29, 1.82) is 0 Å². The van der Waals surface area contributed by atoms with Crippen LogP contribution < -0.4 is 5.32 Å². The zero-order valence-corrected chi connectivity index (χ0v) is 12.2. The maximum atomic E-state index is 12.9. The topological polar surface area (TPSA) is 55.2 Å². The van der Waals surface area contributed by atoms with Crippen LogP contribution in [-0.2, 0) is 13.1 Å². The Balaban J connectivity index is 2.04. The zero-order chi connectivity index (χ0) is 15.4. The Bertz CT molecular complexity index is 677. The highest BCUT2D eigenvalue weighted by Crippen LogP contribution is 2.21. The van der Waals surface area contributed by atoms with E-state index in [1.807, 2.05) is 6.07 Å². The first-order chi connectivity index (χ1) is 9.99. The first-order valence-electron chi connectivity index (χ1n) is 6.36. The molecule has 2 rings (SSSR count). The summed E-state index contributed by atoms with van der Waals surface area (Å²) in [6.45, 7) is 2.66. The molecule has 4 nitrogen and oxygen atoms in total. The summed E-state index contributed by atoms with van der Waals surface area (Å²) in [5.41, 5.74) is 2.37. The molecule has 0 aromatic heterocycles. The Morgan fingerprint density at radius 1 is 1.24 bits per heavy atom. The molecule has 0 fully saturated rings. The van der Waals surface area contributed by atoms with Crippen molar-refractivity contribution in [1.82, 2.24) is 5.32 Å². The molecular weight excluding hydrogens is 295 g/mol. The summed E-state index contributed by atoms with van der Waals surface area (Å²) >= 11 is 5.94. The summed E-state index contributed by atoms with van der Waals surface area (Å²) in [6.07, 6.45) is 0. The fraction of sp³-hybridized carbons (Fsp3) is 0.200. The molecule has 1 N–H and O–H groups in total. The average Bonchev–Trinajstić information content (AvgIpc) is 2.42. The summed E-state index contributed by atoms with van der Waals surface area (Å²) in [6, 6.07) is 9.20. The van der Waals surface area contributed by atoms with E-state index in [1.165, 1.54) is 18.2 Å². The molecule has 0 aliphatic rings. The number of hydrogen-bond acceptors (Lipinski definition) is 3. The summed E-state index contributed by atoms with van der Waals surface area (Å²) in [7, 11) is 0. The second kappa shape index (κ2) is 6.65. The molecule has 0 aliphatic heterocycles. The van der Waals surface area contributed by atoms with Crippen LogP contribution in [0.2, 0.25) is 5.02 Å². The van der Waals surface area contributed by atoms with Crippen molar-refractivity contribution in [3.8, 4) is 0 Å². The minimum Gasteiger partial charge on any atom is -0.309 e. The second-order valence-corrected chi connectivity index (χ2v) is 5.06. The number of nitro groups is 1. The van der Waals surface area contributed by atoms with Crippen LogP contribution in [0.5, 0.6) is 0 Å². The van der Waals surface area contributed by atoms with Crippen LogP contribution in [0.4, 0.5) is 10.1 Å². The van der Waals surface area contributed by atoms with E-state index in [-0.39, 0.29) is 11.5 Å². The summed E-state index contributed by atoms with van der Waals surface area (Å²) in [5.74, 6) is -0.377. The van der Waals surface area contributed by atoms with Gasteiger partial charge in [-0.25, -0.2) is 4.39 Å². The maximum Gasteiger partial charge on any atom is 0.272 e. The quantitative estimate of drug-likeness (QED) is 0.671. The van der Waals surface area contributed by atoms with Gasteiger partial charge in [-0.1, -0.05) is 29.8 Å². The second-order valence-electron chi connectivity index (χ2n) is 4.66. The van der Waals surface area contributed by atoms with Crippen molar-refractivity contribution in [2.75, 3.05) is 0 Å². The van der Waals surface area contributed by atoms with Crippen LogP contribution in [-0.4, -0.2) is 4.92 Å². The lowest BCUT2D eigenvalue weighted by Gasteiger charge is -2.09. The van der Waals surface area contributed by atoms with Crippen molar-refractivity contribution in [3.05, 3.63) is 74.0 Å². The maximum absolute atomic E-state index is 12.9. The molecule has 6 heteroatoms. The van der Waals surface area contributed by atoms with Gasteiger partial charge in [0, 0.05) is 29.7 Å². The fourth-order valence-corrected chi connectivity index (χ4v) is 2.29. The third-order valence-electron chi connectivity index (χ3n) is 3.26.